The van der Waals surface area contributed by atoms with Crippen LogP contribution in [0.1, 0.15) is 39.2 Å². The minimum absolute atomic E-state index is 0.0923. The third-order valence-corrected chi connectivity index (χ3v) is 3.21. The zero-order valence-electron chi connectivity index (χ0n) is 14.9. The number of Topliss-reactive ketones (excluding diaryl/α,β-unsaturated/α-hetero) is 1. The molecule has 1 aromatic carbocycles. The van der Waals surface area contributed by atoms with Crippen LogP contribution in [0, 0.1) is 5.82 Å². The van der Waals surface area contributed by atoms with E-state index in [1.165, 1.54) is 25.3 Å². The molecular formula is C18H24FNO5. The van der Waals surface area contributed by atoms with Gasteiger partial charge in [-0.1, -0.05) is 12.1 Å². The van der Waals surface area contributed by atoms with E-state index in [1.807, 2.05) is 0 Å². The SMILES string of the molecule is COC(=O)CCC(=O)[C@H](Cc1cccc(F)c1)NC(=O)OC(C)(C)C. The van der Waals surface area contributed by atoms with Crippen molar-refractivity contribution in [2.45, 2.75) is 51.7 Å². The Hall–Kier alpha value is -2.44. The number of nitrogens with one attached hydrogen (secondary N) is 1. The summed E-state index contributed by atoms with van der Waals surface area (Å²) in [6, 6.07) is 4.83. The van der Waals surface area contributed by atoms with Gasteiger partial charge in [0, 0.05) is 6.42 Å². The second kappa shape index (κ2) is 9.15. The molecule has 0 fully saturated rings. The Bertz CT molecular complexity index is 624. The van der Waals surface area contributed by atoms with Crippen LogP contribution in [-0.4, -0.2) is 36.6 Å². The molecule has 0 aliphatic heterocycles. The van der Waals surface area contributed by atoms with Crippen molar-refractivity contribution in [2.24, 2.45) is 0 Å². The van der Waals surface area contributed by atoms with Crippen LogP contribution in [0.2, 0.25) is 0 Å². The predicted octanol–water partition coefficient (Wildman–Crippen LogP) is 2.78. The van der Waals surface area contributed by atoms with Crippen LogP contribution in [-0.2, 0) is 25.5 Å². The number of alkyl carbamates (subject to hydrolysis) is 1. The smallest absolute Gasteiger partial charge is 0.408 e. The van der Waals surface area contributed by atoms with Crippen LogP contribution in [0.15, 0.2) is 24.3 Å². The van der Waals surface area contributed by atoms with Gasteiger partial charge >= 0.3 is 12.1 Å². The summed E-state index contributed by atoms with van der Waals surface area (Å²) >= 11 is 0. The fraction of sp³-hybridized carbons (Fsp3) is 0.500. The first-order valence-electron chi connectivity index (χ1n) is 7.94. The summed E-state index contributed by atoms with van der Waals surface area (Å²) in [6.07, 6.45) is -0.843. The molecule has 25 heavy (non-hydrogen) atoms. The fourth-order valence-electron chi connectivity index (χ4n) is 2.10. The number of carbonyl (C=O) groups excluding carboxylic acids is 3. The van der Waals surface area contributed by atoms with Crippen molar-refractivity contribution in [3.05, 3.63) is 35.6 Å². The minimum Gasteiger partial charge on any atom is -0.469 e. The Morgan fingerprint density at radius 3 is 2.44 bits per heavy atom. The number of ketones is 1. The number of hydrogen-bond acceptors (Lipinski definition) is 5. The van der Waals surface area contributed by atoms with Crippen molar-refractivity contribution >= 4 is 17.8 Å². The zero-order valence-corrected chi connectivity index (χ0v) is 14.9. The van der Waals surface area contributed by atoms with Crippen LogP contribution in [0.25, 0.3) is 0 Å². The van der Waals surface area contributed by atoms with Crippen molar-refractivity contribution in [1.29, 1.82) is 0 Å². The second-order valence-electron chi connectivity index (χ2n) is 6.58. The number of rotatable bonds is 7. The van der Waals surface area contributed by atoms with Crippen LogP contribution in [0.3, 0.4) is 0 Å². The van der Waals surface area contributed by atoms with E-state index in [0.717, 1.165) is 0 Å². The molecular weight excluding hydrogens is 329 g/mol. The van der Waals surface area contributed by atoms with E-state index < -0.39 is 29.5 Å². The van der Waals surface area contributed by atoms with Crippen molar-refractivity contribution in [3.63, 3.8) is 0 Å². The predicted molar refractivity (Wildman–Crippen MR) is 89.5 cm³/mol. The normalized spacial score (nSPS) is 12.2. The van der Waals surface area contributed by atoms with E-state index in [4.69, 9.17) is 4.74 Å². The zero-order chi connectivity index (χ0) is 19.0. The van der Waals surface area contributed by atoms with Crippen LogP contribution in [0.5, 0.6) is 0 Å². The number of methoxy groups -OCH3 is 1. The van der Waals surface area contributed by atoms with Crippen molar-refractivity contribution in [2.75, 3.05) is 7.11 Å². The van der Waals surface area contributed by atoms with Gasteiger partial charge in [0.1, 0.15) is 11.4 Å². The van der Waals surface area contributed by atoms with E-state index in [2.05, 4.69) is 10.1 Å². The quantitative estimate of drug-likeness (QED) is 0.762. The van der Waals surface area contributed by atoms with Crippen LogP contribution in [0.4, 0.5) is 9.18 Å². The van der Waals surface area contributed by atoms with Crippen LogP contribution >= 0.6 is 0 Å². The van der Waals surface area contributed by atoms with Crippen molar-refractivity contribution in [3.8, 4) is 0 Å². The maximum atomic E-state index is 13.3. The molecule has 0 aliphatic rings. The van der Waals surface area contributed by atoms with Gasteiger partial charge in [-0.05, 0) is 44.9 Å². The molecule has 0 spiro atoms. The highest BCUT2D eigenvalue weighted by molar-refractivity contribution is 5.89. The number of hydrogen-bond donors (Lipinski definition) is 1. The summed E-state index contributed by atoms with van der Waals surface area (Å²) in [5.41, 5.74) is -0.171. The molecule has 1 atom stereocenters. The molecule has 0 radical (unpaired) electrons. The summed E-state index contributed by atoms with van der Waals surface area (Å²) < 4.78 is 23.0. The molecule has 0 saturated carbocycles. The summed E-state index contributed by atoms with van der Waals surface area (Å²) in [5, 5.41) is 2.50. The average molecular weight is 353 g/mol. The van der Waals surface area contributed by atoms with E-state index in [-0.39, 0.29) is 25.0 Å². The molecule has 1 N–H and O–H groups in total. The highest BCUT2D eigenvalue weighted by Crippen LogP contribution is 2.11. The van der Waals surface area contributed by atoms with Gasteiger partial charge in [-0.2, -0.15) is 0 Å². The lowest BCUT2D eigenvalue weighted by molar-refractivity contribution is -0.142. The Morgan fingerprint density at radius 2 is 1.88 bits per heavy atom. The minimum atomic E-state index is -0.929. The number of esters is 1. The van der Waals surface area contributed by atoms with Gasteiger partial charge in [-0.3, -0.25) is 9.59 Å². The molecule has 0 unspecified atom stereocenters. The lowest BCUT2D eigenvalue weighted by Crippen LogP contribution is -2.44. The molecule has 0 aliphatic carbocycles. The van der Waals surface area contributed by atoms with Crippen molar-refractivity contribution in [1.82, 2.24) is 5.32 Å². The molecule has 0 aromatic heterocycles. The highest BCUT2D eigenvalue weighted by atomic mass is 19.1. The maximum absolute atomic E-state index is 13.3. The molecule has 1 amide bonds. The summed E-state index contributed by atoms with van der Waals surface area (Å²) in [4.78, 5) is 35.6. The maximum Gasteiger partial charge on any atom is 0.408 e. The summed E-state index contributed by atoms with van der Waals surface area (Å²) in [6.45, 7) is 5.10. The van der Waals surface area contributed by atoms with E-state index in [9.17, 15) is 18.8 Å². The molecule has 1 rings (SSSR count). The molecule has 0 heterocycles. The fourth-order valence-corrected chi connectivity index (χ4v) is 2.10. The lowest BCUT2D eigenvalue weighted by atomic mass is 9.99. The number of ether oxygens (including phenoxy) is 2. The Morgan fingerprint density at radius 1 is 1.20 bits per heavy atom. The first-order chi connectivity index (χ1) is 11.6. The van der Waals surface area contributed by atoms with Gasteiger partial charge < -0.3 is 14.8 Å². The molecule has 6 nitrogen and oxygen atoms in total. The van der Waals surface area contributed by atoms with Gasteiger partial charge in [0.05, 0.1) is 19.6 Å². The van der Waals surface area contributed by atoms with Crippen molar-refractivity contribution < 1.29 is 28.2 Å². The Balaban J connectivity index is 2.83. The third kappa shape index (κ3) is 8.28. The number of amides is 1. The highest BCUT2D eigenvalue weighted by Gasteiger charge is 2.25. The first-order valence-corrected chi connectivity index (χ1v) is 7.94. The van der Waals surface area contributed by atoms with E-state index in [1.54, 1.807) is 26.8 Å². The molecule has 1 aromatic rings. The monoisotopic (exact) mass is 353 g/mol. The number of carbonyl (C=O) groups is 3. The topological polar surface area (TPSA) is 81.7 Å². The van der Waals surface area contributed by atoms with Crippen LogP contribution < -0.4 is 5.32 Å². The molecule has 0 saturated heterocycles. The molecule has 7 heteroatoms. The first kappa shape index (κ1) is 20.6. The van der Waals surface area contributed by atoms with Gasteiger partial charge in [-0.25, -0.2) is 9.18 Å². The summed E-state index contributed by atoms with van der Waals surface area (Å²) in [5.74, 6) is -1.31. The summed E-state index contributed by atoms with van der Waals surface area (Å²) in [7, 11) is 1.23. The molecule has 138 valence electrons. The Kier molecular flexibility index (Phi) is 7.54. The third-order valence-electron chi connectivity index (χ3n) is 3.21. The molecule has 0 bridgehead atoms. The van der Waals surface area contributed by atoms with E-state index >= 15 is 0 Å². The average Bonchev–Trinajstić information content (AvgIpc) is 2.49. The standard InChI is InChI=1S/C18H24FNO5/c1-18(2,3)25-17(23)20-14(15(21)8-9-16(22)24-4)11-12-6-5-7-13(19)10-12/h5-7,10,14H,8-9,11H2,1-4H3,(H,20,23)/t14-/m0/s1. The number of halogens is 1. The van der Waals surface area contributed by atoms with Gasteiger partial charge in [0.15, 0.2) is 5.78 Å². The van der Waals surface area contributed by atoms with Gasteiger partial charge in [0.25, 0.3) is 0 Å². The van der Waals surface area contributed by atoms with Gasteiger partial charge in [0.2, 0.25) is 0 Å². The number of benzene rings is 1. The second-order valence-corrected chi connectivity index (χ2v) is 6.58. The van der Waals surface area contributed by atoms with Gasteiger partial charge in [-0.15, -0.1) is 0 Å². The lowest BCUT2D eigenvalue weighted by Gasteiger charge is -2.23. The van der Waals surface area contributed by atoms with E-state index in [0.29, 0.717) is 5.56 Å². The Labute approximate surface area is 146 Å². The largest absolute Gasteiger partial charge is 0.469 e.